The van der Waals surface area contributed by atoms with Crippen molar-refractivity contribution < 1.29 is 13.2 Å². The van der Waals surface area contributed by atoms with Crippen molar-refractivity contribution in [2.24, 2.45) is 0 Å². The Kier molecular flexibility index (Phi) is 6.01. The summed E-state index contributed by atoms with van der Waals surface area (Å²) in [6.07, 6.45) is 1.38. The molecule has 0 aliphatic heterocycles. The van der Waals surface area contributed by atoms with Crippen LogP contribution in [0.5, 0.6) is 0 Å². The second-order valence-corrected chi connectivity index (χ2v) is 8.05. The first-order chi connectivity index (χ1) is 12.2. The van der Waals surface area contributed by atoms with Crippen molar-refractivity contribution >= 4 is 27.3 Å². The van der Waals surface area contributed by atoms with Gasteiger partial charge in [0.25, 0.3) is 0 Å². The van der Waals surface area contributed by atoms with E-state index in [4.69, 9.17) is 5.26 Å². The Morgan fingerprint density at radius 1 is 1.15 bits per heavy atom. The van der Waals surface area contributed by atoms with Crippen molar-refractivity contribution in [2.75, 3.05) is 22.4 Å². The van der Waals surface area contributed by atoms with Gasteiger partial charge >= 0.3 is 0 Å². The number of rotatable bonds is 6. The van der Waals surface area contributed by atoms with Gasteiger partial charge < -0.3 is 5.32 Å². The number of nitriles is 1. The minimum Gasteiger partial charge on any atom is -0.325 e. The summed E-state index contributed by atoms with van der Waals surface area (Å²) in [6, 6.07) is 14.4. The van der Waals surface area contributed by atoms with Gasteiger partial charge in [-0.1, -0.05) is 24.3 Å². The summed E-state index contributed by atoms with van der Waals surface area (Å²) in [7, 11) is -3.62. The number of amides is 1. The number of hydrogen-bond acceptors (Lipinski definition) is 4. The van der Waals surface area contributed by atoms with Crippen molar-refractivity contribution in [3.8, 4) is 6.07 Å². The van der Waals surface area contributed by atoms with Gasteiger partial charge in [-0.3, -0.25) is 9.10 Å². The Morgan fingerprint density at radius 3 is 2.38 bits per heavy atom. The molecule has 1 amide bonds. The van der Waals surface area contributed by atoms with Gasteiger partial charge in [0, 0.05) is 5.69 Å². The number of aryl methyl sites for hydroxylation is 2. The van der Waals surface area contributed by atoms with Crippen molar-refractivity contribution in [3.05, 3.63) is 59.2 Å². The maximum absolute atomic E-state index is 12.4. The van der Waals surface area contributed by atoms with Crippen LogP contribution in [-0.4, -0.2) is 27.1 Å². The van der Waals surface area contributed by atoms with E-state index in [-0.39, 0.29) is 6.54 Å². The van der Waals surface area contributed by atoms with Gasteiger partial charge in [-0.15, -0.1) is 0 Å². The molecule has 0 atom stereocenters. The fraction of sp³-hybridized carbons (Fsp3) is 0.263. The standard InChI is InChI=1S/C19H21N3O3S/c1-14-4-5-15(2)18(12-14)22(26(3,24)25)13-19(23)21-17-8-6-16(7-9-17)10-11-20/h4-9,12H,10,13H2,1-3H3,(H,21,23). The SMILES string of the molecule is Cc1ccc(C)c(N(CC(=O)Nc2ccc(CC#N)cc2)S(C)(=O)=O)c1. The highest BCUT2D eigenvalue weighted by Crippen LogP contribution is 2.24. The summed E-state index contributed by atoms with van der Waals surface area (Å²) in [5.74, 6) is -0.440. The zero-order valence-corrected chi connectivity index (χ0v) is 15.8. The summed E-state index contributed by atoms with van der Waals surface area (Å²) in [6.45, 7) is 3.36. The van der Waals surface area contributed by atoms with Gasteiger partial charge in [-0.2, -0.15) is 5.26 Å². The molecule has 0 aliphatic rings. The van der Waals surface area contributed by atoms with Crippen LogP contribution in [0.25, 0.3) is 0 Å². The van der Waals surface area contributed by atoms with Crippen molar-refractivity contribution in [1.29, 1.82) is 5.26 Å². The van der Waals surface area contributed by atoms with Gasteiger partial charge in [0.05, 0.1) is 24.4 Å². The predicted molar refractivity (Wildman–Crippen MR) is 102 cm³/mol. The lowest BCUT2D eigenvalue weighted by Gasteiger charge is -2.24. The van der Waals surface area contributed by atoms with Crippen LogP contribution in [0, 0.1) is 25.2 Å². The van der Waals surface area contributed by atoms with Crippen LogP contribution in [0.1, 0.15) is 16.7 Å². The highest BCUT2D eigenvalue weighted by molar-refractivity contribution is 7.92. The van der Waals surface area contributed by atoms with Gasteiger partial charge in [-0.25, -0.2) is 8.42 Å². The molecule has 0 saturated carbocycles. The third-order valence-corrected chi connectivity index (χ3v) is 4.97. The highest BCUT2D eigenvalue weighted by atomic mass is 32.2. The van der Waals surface area contributed by atoms with E-state index in [9.17, 15) is 13.2 Å². The lowest BCUT2D eigenvalue weighted by molar-refractivity contribution is -0.114. The molecule has 0 unspecified atom stereocenters. The third kappa shape index (κ3) is 5.07. The first-order valence-electron chi connectivity index (χ1n) is 8.01. The summed E-state index contributed by atoms with van der Waals surface area (Å²) in [4.78, 5) is 12.4. The molecule has 1 N–H and O–H groups in total. The lowest BCUT2D eigenvalue weighted by Crippen LogP contribution is -2.37. The molecule has 0 saturated heterocycles. The largest absolute Gasteiger partial charge is 0.325 e. The molecule has 2 rings (SSSR count). The van der Waals surface area contributed by atoms with Gasteiger partial charge in [-0.05, 0) is 48.7 Å². The minimum absolute atomic E-state index is 0.294. The molecular formula is C19H21N3O3S. The molecule has 0 bridgehead atoms. The molecule has 2 aromatic rings. The first-order valence-corrected chi connectivity index (χ1v) is 9.86. The van der Waals surface area contributed by atoms with Crippen LogP contribution >= 0.6 is 0 Å². The summed E-state index contributed by atoms with van der Waals surface area (Å²) in [5.41, 5.74) is 3.57. The Hall–Kier alpha value is -2.85. The van der Waals surface area contributed by atoms with Crippen LogP contribution in [0.4, 0.5) is 11.4 Å². The molecule has 0 radical (unpaired) electrons. The normalized spacial score (nSPS) is 10.8. The van der Waals surface area contributed by atoms with Crippen molar-refractivity contribution in [1.82, 2.24) is 0 Å². The van der Waals surface area contributed by atoms with Crippen LogP contribution in [0.3, 0.4) is 0 Å². The number of anilines is 2. The Morgan fingerprint density at radius 2 is 1.81 bits per heavy atom. The Bertz CT molecular complexity index is 945. The third-order valence-electron chi connectivity index (χ3n) is 3.84. The van der Waals surface area contributed by atoms with Crippen LogP contribution in [0.15, 0.2) is 42.5 Å². The van der Waals surface area contributed by atoms with E-state index in [1.54, 1.807) is 37.3 Å². The molecule has 0 spiro atoms. The molecular weight excluding hydrogens is 350 g/mol. The van der Waals surface area contributed by atoms with Gasteiger partial charge in [0.15, 0.2) is 0 Å². The summed E-state index contributed by atoms with van der Waals surface area (Å²) in [5, 5.41) is 11.4. The quantitative estimate of drug-likeness (QED) is 0.845. The maximum Gasteiger partial charge on any atom is 0.245 e. The summed E-state index contributed by atoms with van der Waals surface area (Å²) < 4.78 is 25.5. The number of nitrogens with one attached hydrogen (secondary N) is 1. The van der Waals surface area contributed by atoms with Crippen LogP contribution < -0.4 is 9.62 Å². The van der Waals surface area contributed by atoms with Crippen LogP contribution in [-0.2, 0) is 21.2 Å². The first kappa shape index (κ1) is 19.5. The van der Waals surface area contributed by atoms with E-state index in [1.165, 1.54) is 0 Å². The molecule has 2 aromatic carbocycles. The van der Waals surface area contributed by atoms with E-state index in [0.717, 1.165) is 27.3 Å². The van der Waals surface area contributed by atoms with Gasteiger partial charge in [0.1, 0.15) is 6.54 Å². The average Bonchev–Trinajstić information content (AvgIpc) is 2.56. The number of nitrogens with zero attached hydrogens (tertiary/aromatic N) is 2. The molecule has 0 fully saturated rings. The fourth-order valence-corrected chi connectivity index (χ4v) is 3.40. The summed E-state index contributed by atoms with van der Waals surface area (Å²) >= 11 is 0. The van der Waals surface area contributed by atoms with Gasteiger partial charge in [0.2, 0.25) is 15.9 Å². The molecule has 6 nitrogen and oxygen atoms in total. The van der Waals surface area contributed by atoms with E-state index >= 15 is 0 Å². The topological polar surface area (TPSA) is 90.3 Å². The average molecular weight is 371 g/mol. The fourth-order valence-electron chi connectivity index (χ4n) is 2.50. The Balaban J connectivity index is 2.20. The van der Waals surface area contributed by atoms with Crippen molar-refractivity contribution in [3.63, 3.8) is 0 Å². The predicted octanol–water partition coefficient (Wildman–Crippen LogP) is 2.77. The zero-order chi connectivity index (χ0) is 19.3. The minimum atomic E-state index is -3.62. The van der Waals surface area contributed by atoms with E-state index in [0.29, 0.717) is 17.8 Å². The van der Waals surface area contributed by atoms with E-state index in [1.807, 2.05) is 19.1 Å². The van der Waals surface area contributed by atoms with E-state index in [2.05, 4.69) is 11.4 Å². The number of carbonyl (C=O) groups excluding carboxylic acids is 1. The second-order valence-electron chi connectivity index (χ2n) is 6.14. The number of hydrogen-bond donors (Lipinski definition) is 1. The lowest BCUT2D eigenvalue weighted by atomic mass is 10.1. The molecule has 0 heterocycles. The zero-order valence-electron chi connectivity index (χ0n) is 15.0. The smallest absolute Gasteiger partial charge is 0.245 e. The number of carbonyl (C=O) groups is 1. The van der Waals surface area contributed by atoms with E-state index < -0.39 is 15.9 Å². The maximum atomic E-state index is 12.4. The molecule has 26 heavy (non-hydrogen) atoms. The van der Waals surface area contributed by atoms with Crippen LogP contribution in [0.2, 0.25) is 0 Å². The highest BCUT2D eigenvalue weighted by Gasteiger charge is 2.22. The Labute approximate surface area is 154 Å². The number of benzene rings is 2. The number of sulfonamides is 1. The monoisotopic (exact) mass is 371 g/mol. The van der Waals surface area contributed by atoms with Crippen molar-refractivity contribution in [2.45, 2.75) is 20.3 Å². The molecule has 0 aromatic heterocycles. The second kappa shape index (κ2) is 8.02. The molecule has 7 heteroatoms. The molecule has 0 aliphatic carbocycles. The molecule has 136 valence electrons.